The number of amides is 1. The van der Waals surface area contributed by atoms with E-state index in [1.54, 1.807) is 6.20 Å². The first-order valence-electron chi connectivity index (χ1n) is 9.44. The number of nitrogens with zero attached hydrogens (tertiary/aromatic N) is 5. The van der Waals surface area contributed by atoms with Crippen LogP contribution in [0.5, 0.6) is 0 Å². The van der Waals surface area contributed by atoms with Gasteiger partial charge in [-0.25, -0.2) is 4.98 Å². The molecule has 0 radical (unpaired) electrons. The van der Waals surface area contributed by atoms with Crippen LogP contribution in [0.3, 0.4) is 0 Å². The molecule has 1 aliphatic carbocycles. The molecule has 2 aliphatic rings. The zero-order valence-corrected chi connectivity index (χ0v) is 15.0. The molecule has 25 heavy (non-hydrogen) atoms. The van der Waals surface area contributed by atoms with Crippen molar-refractivity contribution >= 4 is 5.91 Å². The summed E-state index contributed by atoms with van der Waals surface area (Å²) in [6.45, 7) is 4.61. The maximum absolute atomic E-state index is 13.3. The minimum absolute atomic E-state index is 0.202. The molecule has 1 amide bonds. The molecule has 0 aromatic carbocycles. The van der Waals surface area contributed by atoms with Crippen LogP contribution in [-0.2, 0) is 17.9 Å². The Kier molecular flexibility index (Phi) is 4.36. The largest absolute Gasteiger partial charge is 0.339 e. The van der Waals surface area contributed by atoms with Gasteiger partial charge in [-0.15, -0.1) is 0 Å². The van der Waals surface area contributed by atoms with Gasteiger partial charge in [-0.1, -0.05) is 0 Å². The molecule has 4 rings (SSSR count). The van der Waals surface area contributed by atoms with Crippen molar-refractivity contribution in [1.82, 2.24) is 24.2 Å². The van der Waals surface area contributed by atoms with E-state index in [2.05, 4.69) is 19.5 Å². The first-order chi connectivity index (χ1) is 12.2. The predicted molar refractivity (Wildman–Crippen MR) is 94.8 cm³/mol. The van der Waals surface area contributed by atoms with Gasteiger partial charge in [-0.05, 0) is 51.5 Å². The quantitative estimate of drug-likeness (QED) is 0.812. The predicted octanol–water partition coefficient (Wildman–Crippen LogP) is 2.64. The zero-order valence-electron chi connectivity index (χ0n) is 15.0. The van der Waals surface area contributed by atoms with Crippen molar-refractivity contribution in [2.24, 2.45) is 5.41 Å². The molecular formula is C19H27N5O. The summed E-state index contributed by atoms with van der Waals surface area (Å²) in [5.74, 6) is 1.40. The molecule has 1 atom stereocenters. The number of likely N-dealkylation sites (tertiary alicyclic amines) is 1. The van der Waals surface area contributed by atoms with E-state index in [1.165, 1.54) is 6.42 Å². The summed E-state index contributed by atoms with van der Waals surface area (Å²) in [4.78, 5) is 19.8. The van der Waals surface area contributed by atoms with Crippen molar-refractivity contribution in [1.29, 1.82) is 0 Å². The monoisotopic (exact) mass is 341 g/mol. The summed E-state index contributed by atoms with van der Waals surface area (Å²) in [7, 11) is 0. The van der Waals surface area contributed by atoms with Gasteiger partial charge in [0.05, 0.1) is 12.0 Å². The summed E-state index contributed by atoms with van der Waals surface area (Å²) < 4.78 is 4.10. The van der Waals surface area contributed by atoms with E-state index in [0.29, 0.717) is 11.9 Å². The maximum atomic E-state index is 13.3. The first kappa shape index (κ1) is 16.4. The molecule has 1 aliphatic heterocycles. The van der Waals surface area contributed by atoms with Gasteiger partial charge in [-0.3, -0.25) is 9.48 Å². The van der Waals surface area contributed by atoms with Crippen molar-refractivity contribution in [3.8, 4) is 0 Å². The molecule has 2 fully saturated rings. The Morgan fingerprint density at radius 3 is 2.84 bits per heavy atom. The molecule has 1 saturated carbocycles. The molecule has 0 N–H and O–H groups in total. The minimum atomic E-state index is -0.202. The van der Waals surface area contributed by atoms with E-state index >= 15 is 0 Å². The number of hydrogen-bond donors (Lipinski definition) is 0. The Hall–Kier alpha value is -2.11. The summed E-state index contributed by atoms with van der Waals surface area (Å²) in [5.41, 5.74) is -0.202. The summed E-state index contributed by atoms with van der Waals surface area (Å²) >= 11 is 0. The molecule has 1 saturated heterocycles. The van der Waals surface area contributed by atoms with Gasteiger partial charge < -0.3 is 9.47 Å². The van der Waals surface area contributed by atoms with Crippen molar-refractivity contribution in [2.45, 2.75) is 64.6 Å². The van der Waals surface area contributed by atoms with E-state index in [-0.39, 0.29) is 5.41 Å². The lowest BCUT2D eigenvalue weighted by Gasteiger charge is -2.38. The van der Waals surface area contributed by atoms with Crippen LogP contribution in [-0.4, -0.2) is 42.7 Å². The molecule has 0 bridgehead atoms. The van der Waals surface area contributed by atoms with Crippen LogP contribution < -0.4 is 0 Å². The van der Waals surface area contributed by atoms with Crippen LogP contribution in [0.1, 0.15) is 44.3 Å². The van der Waals surface area contributed by atoms with Crippen molar-refractivity contribution in [3.05, 3.63) is 36.7 Å². The van der Waals surface area contributed by atoms with Gasteiger partial charge in [-0.2, -0.15) is 5.10 Å². The average Bonchev–Trinajstić information content (AvgIpc) is 3.01. The molecule has 2 aromatic heterocycles. The number of aryl methyl sites for hydroxylation is 2. The van der Waals surface area contributed by atoms with E-state index in [4.69, 9.17) is 0 Å². The fourth-order valence-electron chi connectivity index (χ4n) is 4.10. The van der Waals surface area contributed by atoms with Gasteiger partial charge in [0.2, 0.25) is 5.91 Å². The van der Waals surface area contributed by atoms with Crippen molar-refractivity contribution in [2.75, 3.05) is 6.54 Å². The smallest absolute Gasteiger partial charge is 0.230 e. The van der Waals surface area contributed by atoms with Crippen molar-refractivity contribution < 1.29 is 4.79 Å². The van der Waals surface area contributed by atoms with Gasteiger partial charge in [0.1, 0.15) is 5.82 Å². The number of piperidine rings is 1. The summed E-state index contributed by atoms with van der Waals surface area (Å²) in [6, 6.07) is 2.29. The fourth-order valence-corrected chi connectivity index (χ4v) is 4.10. The zero-order chi connectivity index (χ0) is 17.3. The molecule has 1 unspecified atom stereocenters. The molecule has 2 aromatic rings. The molecule has 0 spiro atoms. The first-order valence-corrected chi connectivity index (χ1v) is 9.44. The second-order valence-electron chi connectivity index (χ2n) is 7.59. The molecule has 3 heterocycles. The van der Waals surface area contributed by atoms with Gasteiger partial charge >= 0.3 is 0 Å². The van der Waals surface area contributed by atoms with Gasteiger partial charge in [0.25, 0.3) is 0 Å². The standard InChI is InChI=1S/C19H27N5O/c1-16-20-10-14-22(16)13-6-17-5-2-3-12-24(17)18(25)19(7-8-19)15-23-11-4-9-21-23/h4,9-11,14,17H,2-3,5-8,12-13,15H2,1H3. The Morgan fingerprint density at radius 2 is 2.16 bits per heavy atom. The number of imidazole rings is 1. The Morgan fingerprint density at radius 1 is 1.28 bits per heavy atom. The van der Waals surface area contributed by atoms with Gasteiger partial charge in [0, 0.05) is 43.9 Å². The minimum Gasteiger partial charge on any atom is -0.339 e. The van der Waals surface area contributed by atoms with E-state index in [0.717, 1.165) is 57.6 Å². The highest BCUT2D eigenvalue weighted by molar-refractivity contribution is 5.85. The lowest BCUT2D eigenvalue weighted by Crippen LogP contribution is -2.48. The highest BCUT2D eigenvalue weighted by atomic mass is 16.2. The average molecular weight is 341 g/mol. The normalized spacial score (nSPS) is 22.1. The molecule has 134 valence electrons. The third-order valence-corrected chi connectivity index (χ3v) is 5.85. The van der Waals surface area contributed by atoms with Crippen molar-refractivity contribution in [3.63, 3.8) is 0 Å². The summed E-state index contributed by atoms with van der Waals surface area (Å²) in [5, 5.41) is 4.30. The third-order valence-electron chi connectivity index (χ3n) is 5.85. The van der Waals surface area contributed by atoms with Crippen LogP contribution in [0.15, 0.2) is 30.9 Å². The highest BCUT2D eigenvalue weighted by Crippen LogP contribution is 2.49. The SMILES string of the molecule is Cc1nccn1CCC1CCCCN1C(=O)C1(Cn2cccn2)CC1. The topological polar surface area (TPSA) is 56.0 Å². The number of carbonyl (C=O) groups is 1. The molecule has 6 nitrogen and oxygen atoms in total. The lowest BCUT2D eigenvalue weighted by molar-refractivity contribution is -0.141. The highest BCUT2D eigenvalue weighted by Gasteiger charge is 2.53. The number of aromatic nitrogens is 4. The van der Waals surface area contributed by atoms with E-state index in [9.17, 15) is 4.79 Å². The Bertz CT molecular complexity index is 716. The third kappa shape index (κ3) is 3.34. The van der Waals surface area contributed by atoms with Crippen LogP contribution in [0, 0.1) is 12.3 Å². The molecular weight excluding hydrogens is 314 g/mol. The Balaban J connectivity index is 1.43. The van der Waals surface area contributed by atoms with E-state index in [1.807, 2.05) is 36.3 Å². The van der Waals surface area contributed by atoms with Crippen LogP contribution in [0.4, 0.5) is 0 Å². The number of rotatable bonds is 6. The molecule has 6 heteroatoms. The van der Waals surface area contributed by atoms with Gasteiger partial charge in [0.15, 0.2) is 0 Å². The second kappa shape index (κ2) is 6.65. The van der Waals surface area contributed by atoms with Crippen LogP contribution in [0.25, 0.3) is 0 Å². The second-order valence-corrected chi connectivity index (χ2v) is 7.59. The lowest BCUT2D eigenvalue weighted by atomic mass is 9.95. The number of hydrogen-bond acceptors (Lipinski definition) is 3. The fraction of sp³-hybridized carbons (Fsp3) is 0.632. The summed E-state index contributed by atoms with van der Waals surface area (Å²) in [6.07, 6.45) is 14.1. The van der Waals surface area contributed by atoms with Crippen LogP contribution in [0.2, 0.25) is 0 Å². The van der Waals surface area contributed by atoms with Crippen LogP contribution >= 0.6 is 0 Å². The Labute approximate surface area is 148 Å². The maximum Gasteiger partial charge on any atom is 0.230 e. The van der Waals surface area contributed by atoms with E-state index < -0.39 is 0 Å². The number of carbonyl (C=O) groups excluding carboxylic acids is 1.